The summed E-state index contributed by atoms with van der Waals surface area (Å²) in [6.07, 6.45) is -4.12. The molecule has 9 heteroatoms. The number of nitrogens with one attached hydrogen (secondary N) is 1. The van der Waals surface area contributed by atoms with Crippen molar-refractivity contribution in [2.45, 2.75) is 12.6 Å². The van der Waals surface area contributed by atoms with Crippen molar-refractivity contribution in [2.24, 2.45) is 0 Å². The number of rotatable bonds is 4. The number of aromatic hydroxyl groups is 1. The molecule has 3 aromatic rings. The van der Waals surface area contributed by atoms with Crippen molar-refractivity contribution in [1.29, 1.82) is 0 Å². The highest BCUT2D eigenvalue weighted by molar-refractivity contribution is 7.09. The van der Waals surface area contributed by atoms with Crippen LogP contribution in [0.2, 0.25) is 5.02 Å². The van der Waals surface area contributed by atoms with E-state index in [1.54, 1.807) is 24.3 Å². The molecule has 0 spiro atoms. The average Bonchev–Trinajstić information content (AvgIpc) is 2.87. The van der Waals surface area contributed by atoms with Crippen LogP contribution in [0.3, 0.4) is 0 Å². The standard InChI is InChI=1S/C17H11ClF3NO3S/c18-12-8-10(17(19,20)21)3-6-13(12)25-11-4-1-9(2-5-11)7-14-15(23)22-16(24)26-14/h1-6,8,23H,7H2,(H,22,24). The van der Waals surface area contributed by atoms with Crippen molar-refractivity contribution < 1.29 is 23.0 Å². The third-order valence-electron chi connectivity index (χ3n) is 3.48. The van der Waals surface area contributed by atoms with E-state index in [9.17, 15) is 23.1 Å². The molecule has 0 atom stereocenters. The molecule has 0 fully saturated rings. The highest BCUT2D eigenvalue weighted by Crippen LogP contribution is 2.36. The van der Waals surface area contributed by atoms with Crippen molar-refractivity contribution >= 4 is 22.9 Å². The predicted molar refractivity (Wildman–Crippen MR) is 92.4 cm³/mol. The van der Waals surface area contributed by atoms with Crippen molar-refractivity contribution in [3.05, 3.63) is 73.2 Å². The topological polar surface area (TPSA) is 62.3 Å². The van der Waals surface area contributed by atoms with E-state index in [1.807, 2.05) is 0 Å². The first-order valence-corrected chi connectivity index (χ1v) is 8.46. The van der Waals surface area contributed by atoms with Crippen LogP contribution in [0.1, 0.15) is 16.0 Å². The van der Waals surface area contributed by atoms with Crippen LogP contribution in [-0.2, 0) is 12.6 Å². The van der Waals surface area contributed by atoms with Gasteiger partial charge >= 0.3 is 11.0 Å². The number of benzene rings is 2. The summed E-state index contributed by atoms with van der Waals surface area (Å²) in [5.41, 5.74) is -0.0306. The molecule has 0 aliphatic heterocycles. The van der Waals surface area contributed by atoms with Gasteiger partial charge in [0.05, 0.1) is 15.5 Å². The molecule has 0 saturated carbocycles. The second-order valence-electron chi connectivity index (χ2n) is 5.35. The van der Waals surface area contributed by atoms with Crippen LogP contribution >= 0.6 is 22.9 Å². The van der Waals surface area contributed by atoms with Gasteiger partial charge in [0.15, 0.2) is 0 Å². The van der Waals surface area contributed by atoms with E-state index in [2.05, 4.69) is 4.98 Å². The van der Waals surface area contributed by atoms with Gasteiger partial charge in [-0.05, 0) is 35.9 Å². The molecule has 4 nitrogen and oxygen atoms in total. The van der Waals surface area contributed by atoms with Gasteiger partial charge in [-0.1, -0.05) is 35.1 Å². The van der Waals surface area contributed by atoms with Crippen LogP contribution < -0.4 is 9.61 Å². The molecule has 2 aromatic carbocycles. The Morgan fingerprint density at radius 2 is 1.85 bits per heavy atom. The lowest BCUT2D eigenvalue weighted by Crippen LogP contribution is -2.04. The fraction of sp³-hybridized carbons (Fsp3) is 0.118. The largest absolute Gasteiger partial charge is 0.494 e. The van der Waals surface area contributed by atoms with E-state index in [-0.39, 0.29) is 21.5 Å². The first kappa shape index (κ1) is 18.3. The number of halogens is 4. The van der Waals surface area contributed by atoms with E-state index in [0.29, 0.717) is 17.0 Å². The Hall–Kier alpha value is -2.45. The highest BCUT2D eigenvalue weighted by Gasteiger charge is 2.31. The molecule has 0 aliphatic carbocycles. The van der Waals surface area contributed by atoms with Crippen LogP contribution in [0.5, 0.6) is 17.4 Å². The molecular formula is C17H11ClF3NO3S. The lowest BCUT2D eigenvalue weighted by atomic mass is 10.1. The minimum Gasteiger partial charge on any atom is -0.494 e. The minimum absolute atomic E-state index is 0.105. The monoisotopic (exact) mass is 401 g/mol. The molecule has 0 radical (unpaired) electrons. The Bertz CT molecular complexity index is 980. The second-order valence-corrected chi connectivity index (χ2v) is 6.83. The van der Waals surface area contributed by atoms with Gasteiger partial charge < -0.3 is 9.84 Å². The third kappa shape index (κ3) is 4.20. The predicted octanol–water partition coefficient (Wildman–Crippen LogP) is 5.20. The van der Waals surface area contributed by atoms with Gasteiger partial charge in [-0.25, -0.2) is 0 Å². The number of ether oxygens (including phenoxy) is 1. The maximum atomic E-state index is 12.6. The summed E-state index contributed by atoms with van der Waals surface area (Å²) in [5.74, 6) is 0.340. The summed E-state index contributed by atoms with van der Waals surface area (Å²) in [4.78, 5) is 13.6. The lowest BCUT2D eigenvalue weighted by molar-refractivity contribution is -0.137. The first-order chi connectivity index (χ1) is 12.2. The van der Waals surface area contributed by atoms with Gasteiger partial charge in [0.1, 0.15) is 11.5 Å². The molecule has 26 heavy (non-hydrogen) atoms. The zero-order valence-corrected chi connectivity index (χ0v) is 14.5. The van der Waals surface area contributed by atoms with Gasteiger partial charge in [0.2, 0.25) is 5.88 Å². The summed E-state index contributed by atoms with van der Waals surface area (Å²) in [7, 11) is 0. The molecule has 1 aromatic heterocycles. The van der Waals surface area contributed by atoms with E-state index < -0.39 is 11.7 Å². The van der Waals surface area contributed by atoms with Crippen LogP contribution in [-0.4, -0.2) is 10.1 Å². The summed E-state index contributed by atoms with van der Waals surface area (Å²) in [6.45, 7) is 0. The number of aromatic nitrogens is 1. The van der Waals surface area contributed by atoms with Crippen LogP contribution in [0.25, 0.3) is 0 Å². The third-order valence-corrected chi connectivity index (χ3v) is 4.64. The Kier molecular flexibility index (Phi) is 4.97. The fourth-order valence-corrected chi connectivity index (χ4v) is 3.20. The van der Waals surface area contributed by atoms with Crippen LogP contribution in [0.4, 0.5) is 13.2 Å². The number of hydrogen-bond acceptors (Lipinski definition) is 4. The number of H-pyrrole nitrogens is 1. The quantitative estimate of drug-likeness (QED) is 0.631. The SMILES string of the molecule is O=c1[nH]c(O)c(Cc2ccc(Oc3ccc(C(F)(F)F)cc3Cl)cc2)s1. The number of aromatic amines is 1. The maximum absolute atomic E-state index is 12.6. The molecular weight excluding hydrogens is 391 g/mol. The Balaban J connectivity index is 1.73. The normalized spacial score (nSPS) is 11.5. The minimum atomic E-state index is -4.47. The van der Waals surface area contributed by atoms with Gasteiger partial charge in [0, 0.05) is 6.42 Å². The van der Waals surface area contributed by atoms with Crippen molar-refractivity contribution in [1.82, 2.24) is 4.98 Å². The molecule has 0 saturated heterocycles. The summed E-state index contributed by atoms with van der Waals surface area (Å²) >= 11 is 6.78. The van der Waals surface area contributed by atoms with E-state index >= 15 is 0 Å². The molecule has 0 aliphatic rings. The molecule has 3 rings (SSSR count). The zero-order chi connectivity index (χ0) is 18.9. The molecule has 1 heterocycles. The molecule has 0 bridgehead atoms. The van der Waals surface area contributed by atoms with Crippen molar-refractivity contribution in [3.8, 4) is 17.4 Å². The molecule has 0 amide bonds. The molecule has 136 valence electrons. The smallest absolute Gasteiger partial charge is 0.416 e. The fourth-order valence-electron chi connectivity index (χ4n) is 2.22. The van der Waals surface area contributed by atoms with Crippen molar-refractivity contribution in [3.63, 3.8) is 0 Å². The summed E-state index contributed by atoms with van der Waals surface area (Å²) in [5, 5.41) is 9.44. The van der Waals surface area contributed by atoms with E-state index in [4.69, 9.17) is 16.3 Å². The van der Waals surface area contributed by atoms with E-state index in [1.165, 1.54) is 0 Å². The van der Waals surface area contributed by atoms with Crippen molar-refractivity contribution in [2.75, 3.05) is 0 Å². The van der Waals surface area contributed by atoms with Gasteiger partial charge in [-0.15, -0.1) is 0 Å². The highest BCUT2D eigenvalue weighted by atomic mass is 35.5. The number of thiazole rings is 1. The Morgan fingerprint density at radius 1 is 1.15 bits per heavy atom. The number of alkyl halides is 3. The summed E-state index contributed by atoms with van der Waals surface area (Å²) in [6, 6.07) is 9.54. The van der Waals surface area contributed by atoms with Gasteiger partial charge in [-0.2, -0.15) is 13.2 Å². The Labute approximate surface area is 154 Å². The molecule has 2 N–H and O–H groups in total. The summed E-state index contributed by atoms with van der Waals surface area (Å²) < 4.78 is 43.4. The maximum Gasteiger partial charge on any atom is 0.416 e. The Morgan fingerprint density at radius 3 is 2.38 bits per heavy atom. The van der Waals surface area contributed by atoms with Crippen LogP contribution in [0.15, 0.2) is 47.3 Å². The average molecular weight is 402 g/mol. The second kappa shape index (κ2) is 7.05. The first-order valence-electron chi connectivity index (χ1n) is 7.27. The zero-order valence-electron chi connectivity index (χ0n) is 12.9. The lowest BCUT2D eigenvalue weighted by Gasteiger charge is -2.11. The molecule has 0 unspecified atom stereocenters. The van der Waals surface area contributed by atoms with Gasteiger partial charge in [0.25, 0.3) is 0 Å². The van der Waals surface area contributed by atoms with E-state index in [0.717, 1.165) is 35.1 Å². The number of hydrogen-bond donors (Lipinski definition) is 2. The van der Waals surface area contributed by atoms with Crippen LogP contribution in [0, 0.1) is 0 Å². The van der Waals surface area contributed by atoms with Gasteiger partial charge in [-0.3, -0.25) is 9.78 Å².